The van der Waals surface area contributed by atoms with Crippen LogP contribution in [0.5, 0.6) is 0 Å². The molecular weight excluding hydrogens is 286 g/mol. The molecule has 1 atom stereocenters. The Balaban J connectivity index is 1.97. The maximum atomic E-state index is 12.4. The highest BCUT2D eigenvalue weighted by atomic mass is 32.2. The average Bonchev–Trinajstić information content (AvgIpc) is 2.48. The topological polar surface area (TPSA) is 73.2 Å². The van der Waals surface area contributed by atoms with Crippen LogP contribution in [-0.2, 0) is 15.8 Å². The number of rotatable bonds is 5. The predicted molar refractivity (Wildman–Crippen MR) is 82.1 cm³/mol. The molecule has 0 aromatic heterocycles. The van der Waals surface area contributed by atoms with Gasteiger partial charge in [0.25, 0.3) is 0 Å². The molecule has 21 heavy (non-hydrogen) atoms. The van der Waals surface area contributed by atoms with E-state index in [9.17, 15) is 8.42 Å². The fourth-order valence-electron chi connectivity index (χ4n) is 2.50. The second kappa shape index (κ2) is 7.03. The number of nitrogens with one attached hydrogen (secondary N) is 1. The van der Waals surface area contributed by atoms with Gasteiger partial charge in [0, 0.05) is 19.6 Å². The Kier molecular flexibility index (Phi) is 5.34. The summed E-state index contributed by atoms with van der Waals surface area (Å²) in [6.07, 6.45) is 3.34. The van der Waals surface area contributed by atoms with Gasteiger partial charge >= 0.3 is 0 Å². The number of piperidine rings is 1. The summed E-state index contributed by atoms with van der Waals surface area (Å²) in [4.78, 5) is 0. The molecule has 0 amide bonds. The molecule has 0 aliphatic carbocycles. The highest BCUT2D eigenvalue weighted by Crippen LogP contribution is 2.14. The second-order valence-corrected chi connectivity index (χ2v) is 7.57. The largest absolute Gasteiger partial charge is 0.313 e. The minimum absolute atomic E-state index is 0.0259. The van der Waals surface area contributed by atoms with E-state index in [0.29, 0.717) is 17.7 Å². The summed E-state index contributed by atoms with van der Waals surface area (Å²) in [6, 6.07) is 8.96. The van der Waals surface area contributed by atoms with E-state index in [1.54, 1.807) is 31.3 Å². The molecular formula is C15H21N3O2S. The monoisotopic (exact) mass is 307 g/mol. The number of sulfonamides is 1. The molecule has 1 aromatic rings. The van der Waals surface area contributed by atoms with Crippen LogP contribution in [0.1, 0.15) is 30.4 Å². The highest BCUT2D eigenvalue weighted by molar-refractivity contribution is 7.88. The van der Waals surface area contributed by atoms with Gasteiger partial charge in [-0.1, -0.05) is 18.6 Å². The molecule has 1 aromatic carbocycles. The first-order valence-electron chi connectivity index (χ1n) is 7.18. The maximum Gasteiger partial charge on any atom is 0.218 e. The van der Waals surface area contributed by atoms with Crippen LogP contribution in [0.4, 0.5) is 0 Å². The van der Waals surface area contributed by atoms with E-state index in [2.05, 4.69) is 5.32 Å². The van der Waals surface area contributed by atoms with E-state index < -0.39 is 10.0 Å². The van der Waals surface area contributed by atoms with Crippen LogP contribution < -0.4 is 5.32 Å². The van der Waals surface area contributed by atoms with Gasteiger partial charge in [-0.3, -0.25) is 0 Å². The summed E-state index contributed by atoms with van der Waals surface area (Å²) >= 11 is 0. The number of likely N-dealkylation sites (N-methyl/N-ethyl adjacent to an activating group) is 1. The van der Waals surface area contributed by atoms with Crippen LogP contribution in [0.3, 0.4) is 0 Å². The minimum Gasteiger partial charge on any atom is -0.313 e. The normalized spacial score (nSPS) is 19.4. The lowest BCUT2D eigenvalue weighted by Crippen LogP contribution is -2.44. The molecule has 6 heteroatoms. The van der Waals surface area contributed by atoms with Crippen molar-refractivity contribution in [1.82, 2.24) is 9.62 Å². The van der Waals surface area contributed by atoms with Gasteiger partial charge in [0.15, 0.2) is 0 Å². The highest BCUT2D eigenvalue weighted by Gasteiger charge is 2.23. The molecule has 0 spiro atoms. The van der Waals surface area contributed by atoms with E-state index in [1.807, 2.05) is 6.07 Å². The van der Waals surface area contributed by atoms with Crippen LogP contribution >= 0.6 is 0 Å². The first-order chi connectivity index (χ1) is 10.0. The maximum absolute atomic E-state index is 12.4. The van der Waals surface area contributed by atoms with Gasteiger partial charge in [-0.05, 0) is 37.1 Å². The molecule has 1 fully saturated rings. The Morgan fingerprint density at radius 2 is 2.05 bits per heavy atom. The summed E-state index contributed by atoms with van der Waals surface area (Å²) in [7, 11) is -1.69. The van der Waals surface area contributed by atoms with Crippen LogP contribution in [-0.4, -0.2) is 38.9 Å². The summed E-state index contributed by atoms with van der Waals surface area (Å²) in [5, 5.41) is 12.1. The minimum atomic E-state index is -3.32. The Hall–Kier alpha value is -1.42. The van der Waals surface area contributed by atoms with Gasteiger partial charge in [0.2, 0.25) is 10.0 Å². The number of nitriles is 1. The fourth-order valence-corrected chi connectivity index (χ4v) is 3.74. The van der Waals surface area contributed by atoms with Crippen LogP contribution in [0.2, 0.25) is 0 Å². The molecule has 0 bridgehead atoms. The first-order valence-corrected chi connectivity index (χ1v) is 8.78. The van der Waals surface area contributed by atoms with E-state index >= 15 is 0 Å². The van der Waals surface area contributed by atoms with Crippen LogP contribution in [0.25, 0.3) is 0 Å². The van der Waals surface area contributed by atoms with Crippen molar-refractivity contribution in [2.24, 2.45) is 0 Å². The molecule has 1 aliphatic rings. The zero-order valence-corrected chi connectivity index (χ0v) is 13.1. The predicted octanol–water partition coefficient (Wildman–Crippen LogP) is 1.46. The van der Waals surface area contributed by atoms with Crippen molar-refractivity contribution < 1.29 is 8.42 Å². The van der Waals surface area contributed by atoms with Crippen molar-refractivity contribution in [3.63, 3.8) is 0 Å². The molecule has 1 aliphatic heterocycles. The number of nitrogens with zero attached hydrogens (tertiary/aromatic N) is 2. The van der Waals surface area contributed by atoms with Crippen molar-refractivity contribution >= 4 is 10.0 Å². The zero-order chi connectivity index (χ0) is 15.3. The fraction of sp³-hybridized carbons (Fsp3) is 0.533. The Bertz CT molecular complexity index is 599. The van der Waals surface area contributed by atoms with E-state index in [1.165, 1.54) is 4.31 Å². The molecule has 1 N–H and O–H groups in total. The van der Waals surface area contributed by atoms with Gasteiger partial charge in [0.1, 0.15) is 0 Å². The van der Waals surface area contributed by atoms with E-state index in [-0.39, 0.29) is 11.8 Å². The third-order valence-electron chi connectivity index (χ3n) is 3.80. The standard InChI is InChI=1S/C15H21N3O2S/c1-18(11-15-4-2-3-9-17-15)21(19,20)12-14-7-5-13(10-16)6-8-14/h5-8,15,17H,2-4,9,11-12H2,1H3. The SMILES string of the molecule is CN(CC1CCCCN1)S(=O)(=O)Cc1ccc(C#N)cc1. The molecule has 1 saturated heterocycles. The van der Waals surface area contributed by atoms with Gasteiger partial charge in [-0.25, -0.2) is 12.7 Å². The quantitative estimate of drug-likeness (QED) is 0.894. The average molecular weight is 307 g/mol. The number of hydrogen-bond acceptors (Lipinski definition) is 4. The van der Waals surface area contributed by atoms with E-state index in [4.69, 9.17) is 5.26 Å². The van der Waals surface area contributed by atoms with Crippen molar-refractivity contribution in [2.75, 3.05) is 20.1 Å². The third-order valence-corrected chi connectivity index (χ3v) is 5.59. The van der Waals surface area contributed by atoms with Crippen LogP contribution in [0, 0.1) is 11.3 Å². The lowest BCUT2D eigenvalue weighted by molar-refractivity contribution is 0.337. The Morgan fingerprint density at radius 1 is 1.33 bits per heavy atom. The van der Waals surface area contributed by atoms with E-state index in [0.717, 1.165) is 25.8 Å². The van der Waals surface area contributed by atoms with Gasteiger partial charge in [0.05, 0.1) is 17.4 Å². The Labute approximate surface area is 126 Å². The lowest BCUT2D eigenvalue weighted by Gasteiger charge is -2.27. The summed E-state index contributed by atoms with van der Waals surface area (Å²) in [5.74, 6) is -0.0259. The number of benzene rings is 1. The molecule has 5 nitrogen and oxygen atoms in total. The smallest absolute Gasteiger partial charge is 0.218 e. The number of hydrogen-bond donors (Lipinski definition) is 1. The molecule has 1 heterocycles. The third kappa shape index (κ3) is 4.53. The molecule has 0 saturated carbocycles. The first kappa shape index (κ1) is 16.0. The van der Waals surface area contributed by atoms with Gasteiger partial charge in [-0.2, -0.15) is 5.26 Å². The Morgan fingerprint density at radius 3 is 2.62 bits per heavy atom. The van der Waals surface area contributed by atoms with Crippen molar-refractivity contribution in [3.8, 4) is 6.07 Å². The van der Waals surface area contributed by atoms with Crippen molar-refractivity contribution in [3.05, 3.63) is 35.4 Å². The molecule has 1 unspecified atom stereocenters. The van der Waals surface area contributed by atoms with Crippen LogP contribution in [0.15, 0.2) is 24.3 Å². The second-order valence-electron chi connectivity index (χ2n) is 5.49. The van der Waals surface area contributed by atoms with Gasteiger partial charge < -0.3 is 5.32 Å². The summed E-state index contributed by atoms with van der Waals surface area (Å²) in [5.41, 5.74) is 1.24. The molecule has 114 valence electrons. The molecule has 2 rings (SSSR count). The zero-order valence-electron chi connectivity index (χ0n) is 12.2. The van der Waals surface area contributed by atoms with Crippen molar-refractivity contribution in [2.45, 2.75) is 31.1 Å². The summed E-state index contributed by atoms with van der Waals surface area (Å²) < 4.78 is 26.2. The molecule has 0 radical (unpaired) electrons. The summed E-state index contributed by atoms with van der Waals surface area (Å²) in [6.45, 7) is 1.48. The van der Waals surface area contributed by atoms with Gasteiger partial charge in [-0.15, -0.1) is 0 Å². The van der Waals surface area contributed by atoms with Crippen molar-refractivity contribution in [1.29, 1.82) is 5.26 Å². The lowest BCUT2D eigenvalue weighted by atomic mass is 10.1.